The van der Waals surface area contributed by atoms with Crippen LogP contribution in [0.15, 0.2) is 42.5 Å². The minimum Gasteiger partial charge on any atom is -0.205 e. The van der Waals surface area contributed by atoms with Gasteiger partial charge in [0.2, 0.25) is 0 Å². The molecule has 0 atom stereocenters. The first-order valence-corrected chi connectivity index (χ1v) is 5.04. The van der Waals surface area contributed by atoms with E-state index < -0.39 is 5.82 Å². The summed E-state index contributed by atoms with van der Waals surface area (Å²) >= 11 is 5.75. The smallest absolute Gasteiger partial charge is 0.148 e. The summed E-state index contributed by atoms with van der Waals surface area (Å²) in [6, 6.07) is 13.4. The van der Waals surface area contributed by atoms with E-state index in [9.17, 15) is 4.39 Å². The molecular formula is C13H7ClFN. The van der Waals surface area contributed by atoms with Crippen LogP contribution in [0, 0.1) is 17.1 Å². The monoisotopic (exact) mass is 231 g/mol. The molecule has 0 heterocycles. The molecule has 0 saturated carbocycles. The maximum atomic E-state index is 13.8. The average Bonchev–Trinajstić information content (AvgIpc) is 2.31. The van der Waals surface area contributed by atoms with Crippen LogP contribution in [0.5, 0.6) is 0 Å². The van der Waals surface area contributed by atoms with E-state index in [1.807, 2.05) is 6.07 Å². The molecule has 16 heavy (non-hydrogen) atoms. The van der Waals surface area contributed by atoms with Gasteiger partial charge in [0.1, 0.15) is 11.9 Å². The van der Waals surface area contributed by atoms with Gasteiger partial charge in [-0.25, -0.2) is 4.39 Å². The number of benzene rings is 2. The van der Waals surface area contributed by atoms with Crippen LogP contribution in [0.25, 0.3) is 11.1 Å². The number of halogens is 2. The summed E-state index contributed by atoms with van der Waals surface area (Å²) in [7, 11) is 0. The Morgan fingerprint density at radius 2 is 1.75 bits per heavy atom. The minimum atomic E-state index is -0.493. The van der Waals surface area contributed by atoms with Crippen LogP contribution < -0.4 is 0 Å². The molecule has 0 unspecified atom stereocenters. The molecule has 2 aromatic rings. The van der Waals surface area contributed by atoms with Gasteiger partial charge in [-0.3, -0.25) is 0 Å². The van der Waals surface area contributed by atoms with E-state index in [2.05, 4.69) is 0 Å². The Balaban J connectivity index is 2.57. The van der Waals surface area contributed by atoms with Gasteiger partial charge in [0.15, 0.2) is 0 Å². The molecule has 0 bridgehead atoms. The van der Waals surface area contributed by atoms with Gasteiger partial charge in [-0.05, 0) is 23.8 Å². The van der Waals surface area contributed by atoms with Crippen molar-refractivity contribution in [3.63, 3.8) is 0 Å². The Hall–Kier alpha value is -1.85. The highest BCUT2D eigenvalue weighted by atomic mass is 35.5. The summed E-state index contributed by atoms with van der Waals surface area (Å²) in [5, 5.41) is 9.32. The number of hydrogen-bond donors (Lipinski definition) is 0. The predicted molar refractivity (Wildman–Crippen MR) is 61.6 cm³/mol. The van der Waals surface area contributed by atoms with E-state index in [0.29, 0.717) is 16.1 Å². The van der Waals surface area contributed by atoms with Gasteiger partial charge in [0.05, 0.1) is 5.56 Å². The van der Waals surface area contributed by atoms with Gasteiger partial charge in [-0.15, -0.1) is 0 Å². The van der Waals surface area contributed by atoms with E-state index in [-0.39, 0.29) is 5.56 Å². The molecule has 0 aromatic heterocycles. The number of nitrogens with zero attached hydrogens (tertiary/aromatic N) is 1. The molecule has 78 valence electrons. The Bertz CT molecular complexity index is 555. The van der Waals surface area contributed by atoms with Gasteiger partial charge in [-0.2, -0.15) is 5.26 Å². The molecule has 1 nitrogen and oxygen atoms in total. The molecule has 2 aromatic carbocycles. The highest BCUT2D eigenvalue weighted by Crippen LogP contribution is 2.25. The van der Waals surface area contributed by atoms with Crippen molar-refractivity contribution in [2.45, 2.75) is 0 Å². The molecule has 0 aliphatic heterocycles. The normalized spacial score (nSPS) is 9.81. The largest absolute Gasteiger partial charge is 0.205 e. The van der Waals surface area contributed by atoms with Crippen LogP contribution in [0.4, 0.5) is 4.39 Å². The third kappa shape index (κ3) is 1.91. The van der Waals surface area contributed by atoms with Crippen LogP contribution in [0.2, 0.25) is 5.02 Å². The molecule has 2 rings (SSSR count). The fourth-order valence-electron chi connectivity index (χ4n) is 1.47. The molecular weight excluding hydrogens is 225 g/mol. The van der Waals surface area contributed by atoms with Crippen molar-refractivity contribution in [1.29, 1.82) is 5.26 Å². The SMILES string of the molecule is N#Cc1cccc(-c2ccc(Cl)cc2)c1F. The first-order chi connectivity index (χ1) is 7.72. The number of hydrogen-bond acceptors (Lipinski definition) is 1. The van der Waals surface area contributed by atoms with Gasteiger partial charge in [0, 0.05) is 10.6 Å². The van der Waals surface area contributed by atoms with E-state index in [1.54, 1.807) is 36.4 Å². The maximum Gasteiger partial charge on any atom is 0.148 e. The quantitative estimate of drug-likeness (QED) is 0.727. The average molecular weight is 232 g/mol. The molecule has 0 fully saturated rings. The number of rotatable bonds is 1. The van der Waals surface area contributed by atoms with Crippen molar-refractivity contribution < 1.29 is 4.39 Å². The predicted octanol–water partition coefficient (Wildman–Crippen LogP) is 4.02. The second kappa shape index (κ2) is 4.34. The highest BCUT2D eigenvalue weighted by Gasteiger charge is 2.08. The summed E-state index contributed by atoms with van der Waals surface area (Å²) in [6.07, 6.45) is 0. The molecule has 0 N–H and O–H groups in total. The Labute approximate surface area is 97.7 Å². The van der Waals surface area contributed by atoms with E-state index in [0.717, 1.165) is 0 Å². The second-order valence-corrected chi connectivity index (χ2v) is 3.72. The van der Waals surface area contributed by atoms with Crippen molar-refractivity contribution in [2.75, 3.05) is 0 Å². The van der Waals surface area contributed by atoms with Crippen molar-refractivity contribution >= 4 is 11.6 Å². The minimum absolute atomic E-state index is 0.0486. The lowest BCUT2D eigenvalue weighted by Crippen LogP contribution is -1.88. The Morgan fingerprint density at radius 1 is 1.06 bits per heavy atom. The van der Waals surface area contributed by atoms with Gasteiger partial charge in [-0.1, -0.05) is 35.9 Å². The molecule has 0 saturated heterocycles. The van der Waals surface area contributed by atoms with Gasteiger partial charge in [0.25, 0.3) is 0 Å². The van der Waals surface area contributed by atoms with Gasteiger partial charge >= 0.3 is 0 Å². The lowest BCUT2D eigenvalue weighted by molar-refractivity contribution is 0.627. The van der Waals surface area contributed by atoms with Crippen molar-refractivity contribution in [2.24, 2.45) is 0 Å². The Kier molecular flexibility index (Phi) is 2.89. The van der Waals surface area contributed by atoms with Crippen molar-refractivity contribution in [1.82, 2.24) is 0 Å². The second-order valence-electron chi connectivity index (χ2n) is 3.29. The third-order valence-corrected chi connectivity index (χ3v) is 2.53. The summed E-state index contributed by atoms with van der Waals surface area (Å²) < 4.78 is 13.8. The molecule has 3 heteroatoms. The van der Waals surface area contributed by atoms with E-state index in [1.165, 1.54) is 6.07 Å². The first kappa shape index (κ1) is 10.7. The van der Waals surface area contributed by atoms with Crippen molar-refractivity contribution in [3.8, 4) is 17.2 Å². The summed E-state index contributed by atoms with van der Waals surface area (Å²) in [6.45, 7) is 0. The standard InChI is InChI=1S/C13H7ClFN/c14-11-6-4-9(5-7-11)12-3-1-2-10(8-16)13(12)15/h1-7H. The fourth-order valence-corrected chi connectivity index (χ4v) is 1.60. The summed E-state index contributed by atoms with van der Waals surface area (Å²) in [5.74, 6) is -0.493. The van der Waals surface area contributed by atoms with Gasteiger partial charge < -0.3 is 0 Å². The zero-order valence-electron chi connectivity index (χ0n) is 8.24. The van der Waals surface area contributed by atoms with Crippen molar-refractivity contribution in [3.05, 3.63) is 58.9 Å². The molecule has 0 aliphatic carbocycles. The van der Waals surface area contributed by atoms with E-state index >= 15 is 0 Å². The summed E-state index contributed by atoms with van der Waals surface area (Å²) in [4.78, 5) is 0. The van der Waals surface area contributed by atoms with Crippen LogP contribution in [-0.2, 0) is 0 Å². The lowest BCUT2D eigenvalue weighted by atomic mass is 10.0. The molecule has 0 aliphatic rings. The Morgan fingerprint density at radius 3 is 2.38 bits per heavy atom. The maximum absolute atomic E-state index is 13.8. The number of nitriles is 1. The third-order valence-electron chi connectivity index (χ3n) is 2.27. The highest BCUT2D eigenvalue weighted by molar-refractivity contribution is 6.30. The molecule has 0 radical (unpaired) electrons. The zero-order chi connectivity index (χ0) is 11.5. The molecule has 0 amide bonds. The van der Waals surface area contributed by atoms with E-state index in [4.69, 9.17) is 16.9 Å². The first-order valence-electron chi connectivity index (χ1n) is 4.67. The van der Waals surface area contributed by atoms with Crippen LogP contribution in [0.3, 0.4) is 0 Å². The molecule has 0 spiro atoms. The zero-order valence-corrected chi connectivity index (χ0v) is 9.00. The fraction of sp³-hybridized carbons (Fsp3) is 0. The topological polar surface area (TPSA) is 23.8 Å². The van der Waals surface area contributed by atoms with Crippen LogP contribution in [0.1, 0.15) is 5.56 Å². The lowest BCUT2D eigenvalue weighted by Gasteiger charge is -2.04. The summed E-state index contributed by atoms with van der Waals surface area (Å²) in [5.41, 5.74) is 1.17. The van der Waals surface area contributed by atoms with Crippen LogP contribution >= 0.6 is 11.6 Å². The van der Waals surface area contributed by atoms with Crippen LogP contribution in [-0.4, -0.2) is 0 Å².